The summed E-state index contributed by atoms with van der Waals surface area (Å²) in [6.45, 7) is 5.26. The van der Waals surface area contributed by atoms with Crippen molar-refractivity contribution in [3.8, 4) is 11.5 Å². The van der Waals surface area contributed by atoms with Crippen molar-refractivity contribution in [1.82, 2.24) is 0 Å². The van der Waals surface area contributed by atoms with Crippen LogP contribution in [0.15, 0.2) is 42.5 Å². The van der Waals surface area contributed by atoms with Crippen LogP contribution in [0.3, 0.4) is 0 Å². The van der Waals surface area contributed by atoms with E-state index in [0.29, 0.717) is 5.75 Å². The molecule has 136 valence electrons. The van der Waals surface area contributed by atoms with Crippen LogP contribution in [0.25, 0.3) is 6.08 Å². The summed E-state index contributed by atoms with van der Waals surface area (Å²) >= 11 is 0. The van der Waals surface area contributed by atoms with Crippen LogP contribution in [-0.4, -0.2) is 19.0 Å². The van der Waals surface area contributed by atoms with Crippen LogP contribution in [0.4, 0.5) is 0 Å². The molecule has 0 unspecified atom stereocenters. The first-order valence-electron chi connectivity index (χ1n) is 8.16. The van der Waals surface area contributed by atoms with Crippen LogP contribution >= 0.6 is 0 Å². The molecule has 2 aromatic rings. The van der Waals surface area contributed by atoms with Crippen LogP contribution in [0.5, 0.6) is 11.5 Å². The van der Waals surface area contributed by atoms with E-state index in [-0.39, 0.29) is 12.6 Å². The van der Waals surface area contributed by atoms with E-state index in [0.717, 1.165) is 28.0 Å². The first kappa shape index (κ1) is 19.2. The van der Waals surface area contributed by atoms with E-state index in [1.165, 1.54) is 13.0 Å². The topological polar surface area (TPSA) is 61.8 Å². The number of carbonyl (C=O) groups is 2. The Morgan fingerprint density at radius 1 is 1.04 bits per heavy atom. The molecule has 0 atom stereocenters. The third-order valence-corrected chi connectivity index (χ3v) is 3.68. The summed E-state index contributed by atoms with van der Waals surface area (Å²) in [5.74, 6) is 0.515. The van der Waals surface area contributed by atoms with Crippen molar-refractivity contribution in [2.45, 2.75) is 27.4 Å². The van der Waals surface area contributed by atoms with Gasteiger partial charge in [0, 0.05) is 13.0 Å². The fourth-order valence-electron chi connectivity index (χ4n) is 2.47. The molecular formula is C21H22O5. The minimum atomic E-state index is -0.430. The van der Waals surface area contributed by atoms with Gasteiger partial charge in [-0.25, -0.2) is 4.79 Å². The van der Waals surface area contributed by atoms with E-state index in [9.17, 15) is 9.59 Å². The molecule has 0 N–H and O–H groups in total. The summed E-state index contributed by atoms with van der Waals surface area (Å²) in [6.07, 6.45) is 3.05. The monoisotopic (exact) mass is 354 g/mol. The van der Waals surface area contributed by atoms with Crippen molar-refractivity contribution < 1.29 is 23.8 Å². The number of rotatable bonds is 6. The summed E-state index contributed by atoms with van der Waals surface area (Å²) in [5.41, 5.74) is 3.36. The molecule has 26 heavy (non-hydrogen) atoms. The number of benzene rings is 2. The molecule has 0 aliphatic rings. The molecule has 0 aromatic heterocycles. The SMILES string of the molecule is COc1ccc(COC(=O)/C=C/c2cc(C)c(OC(C)=O)c(C)c2)cc1. The Morgan fingerprint density at radius 2 is 1.65 bits per heavy atom. The second-order valence-electron chi connectivity index (χ2n) is 5.87. The molecule has 5 heteroatoms. The zero-order chi connectivity index (χ0) is 19.1. The van der Waals surface area contributed by atoms with Gasteiger partial charge in [-0.2, -0.15) is 0 Å². The lowest BCUT2D eigenvalue weighted by Gasteiger charge is -2.10. The molecule has 0 radical (unpaired) electrons. The number of ether oxygens (including phenoxy) is 3. The highest BCUT2D eigenvalue weighted by atomic mass is 16.5. The van der Waals surface area contributed by atoms with Crippen molar-refractivity contribution in [2.24, 2.45) is 0 Å². The van der Waals surface area contributed by atoms with Crippen LogP contribution in [0.2, 0.25) is 0 Å². The number of hydrogen-bond acceptors (Lipinski definition) is 5. The number of aryl methyl sites for hydroxylation is 2. The van der Waals surface area contributed by atoms with Crippen LogP contribution in [0.1, 0.15) is 29.2 Å². The highest BCUT2D eigenvalue weighted by Gasteiger charge is 2.08. The zero-order valence-electron chi connectivity index (χ0n) is 15.4. The maximum Gasteiger partial charge on any atom is 0.331 e. The molecule has 0 fully saturated rings. The van der Waals surface area contributed by atoms with Gasteiger partial charge in [0.1, 0.15) is 18.1 Å². The van der Waals surface area contributed by atoms with Gasteiger partial charge in [0.2, 0.25) is 0 Å². The standard InChI is InChI=1S/C21H22O5/c1-14-11-18(12-15(2)21(14)26-16(3)22)7-10-20(23)25-13-17-5-8-19(24-4)9-6-17/h5-12H,13H2,1-4H3/b10-7+. The van der Waals surface area contributed by atoms with Gasteiger partial charge in [0.25, 0.3) is 0 Å². The molecule has 0 saturated heterocycles. The van der Waals surface area contributed by atoms with Gasteiger partial charge in [-0.05, 0) is 66.4 Å². The van der Waals surface area contributed by atoms with E-state index >= 15 is 0 Å². The van der Waals surface area contributed by atoms with Gasteiger partial charge >= 0.3 is 11.9 Å². The maximum atomic E-state index is 11.9. The third-order valence-electron chi connectivity index (χ3n) is 3.68. The minimum absolute atomic E-state index is 0.191. The van der Waals surface area contributed by atoms with E-state index < -0.39 is 5.97 Å². The number of carbonyl (C=O) groups excluding carboxylic acids is 2. The van der Waals surface area contributed by atoms with Crippen molar-refractivity contribution in [3.63, 3.8) is 0 Å². The first-order valence-corrected chi connectivity index (χ1v) is 8.16. The summed E-state index contributed by atoms with van der Waals surface area (Å²) < 4.78 is 15.5. The highest BCUT2D eigenvalue weighted by molar-refractivity contribution is 5.87. The Kier molecular flexibility index (Phi) is 6.55. The van der Waals surface area contributed by atoms with Crippen LogP contribution in [0, 0.1) is 13.8 Å². The van der Waals surface area contributed by atoms with Crippen molar-refractivity contribution in [1.29, 1.82) is 0 Å². The lowest BCUT2D eigenvalue weighted by molar-refractivity contribution is -0.139. The largest absolute Gasteiger partial charge is 0.497 e. The molecule has 5 nitrogen and oxygen atoms in total. The van der Waals surface area contributed by atoms with Gasteiger partial charge in [0.05, 0.1) is 7.11 Å². The first-order chi connectivity index (χ1) is 12.4. The van der Waals surface area contributed by atoms with Gasteiger partial charge in [-0.1, -0.05) is 12.1 Å². The van der Waals surface area contributed by atoms with Crippen molar-refractivity contribution in [3.05, 3.63) is 64.7 Å². The predicted molar refractivity (Wildman–Crippen MR) is 99.0 cm³/mol. The third kappa shape index (κ3) is 5.48. The normalized spacial score (nSPS) is 10.6. The number of hydrogen-bond donors (Lipinski definition) is 0. The molecule has 0 saturated carbocycles. The summed E-state index contributed by atoms with van der Waals surface area (Å²) in [5, 5.41) is 0. The average Bonchev–Trinajstić information content (AvgIpc) is 2.61. The van der Waals surface area contributed by atoms with Crippen molar-refractivity contribution >= 4 is 18.0 Å². The minimum Gasteiger partial charge on any atom is -0.497 e. The van der Waals surface area contributed by atoms with E-state index in [2.05, 4.69) is 0 Å². The molecule has 0 spiro atoms. The smallest absolute Gasteiger partial charge is 0.331 e. The molecule has 0 aliphatic carbocycles. The molecular weight excluding hydrogens is 332 g/mol. The Labute approximate surface area is 153 Å². The number of methoxy groups -OCH3 is 1. The van der Waals surface area contributed by atoms with Gasteiger partial charge in [0.15, 0.2) is 0 Å². The summed E-state index contributed by atoms with van der Waals surface area (Å²) in [4.78, 5) is 23.0. The van der Waals surface area contributed by atoms with E-state index in [1.54, 1.807) is 13.2 Å². The summed E-state index contributed by atoms with van der Waals surface area (Å²) in [6, 6.07) is 11.0. The van der Waals surface area contributed by atoms with Crippen LogP contribution in [-0.2, 0) is 20.9 Å². The second kappa shape index (κ2) is 8.85. The van der Waals surface area contributed by atoms with E-state index in [1.807, 2.05) is 50.2 Å². The Balaban J connectivity index is 1.97. The fraction of sp³-hybridized carbons (Fsp3) is 0.238. The highest BCUT2D eigenvalue weighted by Crippen LogP contribution is 2.25. The zero-order valence-corrected chi connectivity index (χ0v) is 15.4. The van der Waals surface area contributed by atoms with Gasteiger partial charge < -0.3 is 14.2 Å². The Bertz CT molecular complexity index is 796. The summed E-state index contributed by atoms with van der Waals surface area (Å²) in [7, 11) is 1.60. The second-order valence-corrected chi connectivity index (χ2v) is 5.87. The molecule has 2 rings (SSSR count). The fourth-order valence-corrected chi connectivity index (χ4v) is 2.47. The molecule has 0 aliphatic heterocycles. The Morgan fingerprint density at radius 3 is 2.19 bits per heavy atom. The Hall–Kier alpha value is -3.08. The molecule has 0 bridgehead atoms. The lowest BCUT2D eigenvalue weighted by Crippen LogP contribution is -2.04. The molecule has 0 heterocycles. The van der Waals surface area contributed by atoms with Gasteiger partial charge in [-0.15, -0.1) is 0 Å². The lowest BCUT2D eigenvalue weighted by atomic mass is 10.1. The molecule has 2 aromatic carbocycles. The average molecular weight is 354 g/mol. The molecule has 0 amide bonds. The number of esters is 2. The van der Waals surface area contributed by atoms with Crippen LogP contribution < -0.4 is 9.47 Å². The van der Waals surface area contributed by atoms with E-state index in [4.69, 9.17) is 14.2 Å². The predicted octanol–water partition coefficient (Wildman–Crippen LogP) is 3.99. The quantitative estimate of drug-likeness (QED) is 0.446. The van der Waals surface area contributed by atoms with Gasteiger partial charge in [-0.3, -0.25) is 4.79 Å². The maximum absolute atomic E-state index is 11.9. The van der Waals surface area contributed by atoms with Crippen molar-refractivity contribution in [2.75, 3.05) is 7.11 Å².